The maximum absolute atomic E-state index is 5.28. The molecule has 6 heteroatoms. The normalized spacial score (nSPS) is 22.3. The topological polar surface area (TPSA) is 43.3 Å². The molecule has 3 rings (SSSR count). The molecular formula is C22H37N5O. The minimum atomic E-state index is 0.566. The van der Waals surface area contributed by atoms with E-state index < -0.39 is 0 Å². The first-order valence-electron chi connectivity index (χ1n) is 10.8. The highest BCUT2D eigenvalue weighted by Crippen LogP contribution is 2.28. The molecule has 6 nitrogen and oxygen atoms in total. The van der Waals surface area contributed by atoms with Crippen molar-refractivity contribution >= 4 is 5.96 Å². The second-order valence-corrected chi connectivity index (χ2v) is 7.94. The molecule has 2 saturated heterocycles. The van der Waals surface area contributed by atoms with E-state index in [9.17, 15) is 0 Å². The lowest BCUT2D eigenvalue weighted by Gasteiger charge is -2.23. The van der Waals surface area contributed by atoms with E-state index in [-0.39, 0.29) is 0 Å². The molecule has 0 radical (unpaired) electrons. The van der Waals surface area contributed by atoms with Gasteiger partial charge >= 0.3 is 0 Å². The number of guanidine groups is 1. The van der Waals surface area contributed by atoms with E-state index in [0.717, 1.165) is 51.0 Å². The van der Waals surface area contributed by atoms with Crippen LogP contribution in [0.5, 0.6) is 5.75 Å². The van der Waals surface area contributed by atoms with Gasteiger partial charge in [-0.2, -0.15) is 0 Å². The lowest BCUT2D eigenvalue weighted by atomic mass is 9.98. The van der Waals surface area contributed by atoms with E-state index in [0.29, 0.717) is 5.92 Å². The molecule has 1 aromatic rings. The summed E-state index contributed by atoms with van der Waals surface area (Å²) in [5.41, 5.74) is 1.40. The van der Waals surface area contributed by atoms with Gasteiger partial charge in [-0.1, -0.05) is 12.1 Å². The van der Waals surface area contributed by atoms with Crippen molar-refractivity contribution in [2.45, 2.75) is 25.7 Å². The quantitative estimate of drug-likeness (QED) is 0.598. The number of likely N-dealkylation sites (tertiary alicyclic amines) is 1. The van der Waals surface area contributed by atoms with E-state index in [1.54, 1.807) is 7.11 Å². The van der Waals surface area contributed by atoms with Crippen molar-refractivity contribution in [2.75, 3.05) is 73.1 Å². The Hall–Kier alpha value is -1.79. The lowest BCUT2D eigenvalue weighted by Crippen LogP contribution is -2.40. The average molecular weight is 388 g/mol. The molecule has 1 unspecified atom stereocenters. The third-order valence-electron chi connectivity index (χ3n) is 5.90. The van der Waals surface area contributed by atoms with Gasteiger partial charge in [-0.3, -0.25) is 4.99 Å². The predicted octanol–water partition coefficient (Wildman–Crippen LogP) is 2.09. The van der Waals surface area contributed by atoms with E-state index in [1.807, 2.05) is 0 Å². The van der Waals surface area contributed by atoms with Crippen LogP contribution in [0.2, 0.25) is 0 Å². The zero-order valence-corrected chi connectivity index (χ0v) is 17.9. The molecule has 2 aliphatic rings. The minimum Gasteiger partial charge on any atom is -0.497 e. The van der Waals surface area contributed by atoms with Crippen LogP contribution in [0.3, 0.4) is 0 Å². The Morgan fingerprint density at radius 2 is 1.96 bits per heavy atom. The van der Waals surface area contributed by atoms with Crippen LogP contribution in [0, 0.1) is 0 Å². The molecule has 0 aromatic heterocycles. The van der Waals surface area contributed by atoms with Crippen LogP contribution in [-0.2, 0) is 0 Å². The van der Waals surface area contributed by atoms with Crippen LogP contribution in [0.15, 0.2) is 29.3 Å². The van der Waals surface area contributed by atoms with Gasteiger partial charge in [0.05, 0.1) is 13.7 Å². The summed E-state index contributed by atoms with van der Waals surface area (Å²) in [6.07, 6.45) is 2.44. The van der Waals surface area contributed by atoms with Crippen molar-refractivity contribution in [3.63, 3.8) is 0 Å². The second kappa shape index (κ2) is 10.7. The molecule has 0 spiro atoms. The number of likely N-dealkylation sites (N-methyl/N-ethyl adjacent to an activating group) is 1. The summed E-state index contributed by atoms with van der Waals surface area (Å²) in [5, 5.41) is 3.50. The number of methoxy groups -OCH3 is 1. The van der Waals surface area contributed by atoms with E-state index >= 15 is 0 Å². The molecule has 0 saturated carbocycles. The van der Waals surface area contributed by atoms with Crippen molar-refractivity contribution in [1.29, 1.82) is 0 Å². The number of hydrogen-bond acceptors (Lipinski definition) is 4. The fourth-order valence-electron chi connectivity index (χ4n) is 4.15. The number of hydrogen-bond donors (Lipinski definition) is 1. The van der Waals surface area contributed by atoms with Gasteiger partial charge in [0, 0.05) is 45.2 Å². The molecule has 1 aromatic carbocycles. The molecule has 1 atom stereocenters. The molecule has 156 valence electrons. The Labute approximate surface area is 170 Å². The molecule has 2 fully saturated rings. The Kier molecular flexibility index (Phi) is 7.98. The number of benzene rings is 1. The van der Waals surface area contributed by atoms with Crippen LogP contribution in [0.4, 0.5) is 0 Å². The van der Waals surface area contributed by atoms with Crippen LogP contribution in [-0.4, -0.2) is 93.7 Å². The number of ether oxygens (including phenoxy) is 1. The van der Waals surface area contributed by atoms with Crippen LogP contribution >= 0.6 is 0 Å². The lowest BCUT2D eigenvalue weighted by molar-refractivity contribution is 0.283. The Morgan fingerprint density at radius 1 is 1.14 bits per heavy atom. The summed E-state index contributed by atoms with van der Waals surface area (Å²) in [7, 11) is 3.94. The van der Waals surface area contributed by atoms with Gasteiger partial charge in [0.25, 0.3) is 0 Å². The summed E-state index contributed by atoms with van der Waals surface area (Å²) >= 11 is 0. The van der Waals surface area contributed by atoms with Gasteiger partial charge in [0.15, 0.2) is 5.96 Å². The first-order valence-corrected chi connectivity index (χ1v) is 10.8. The number of nitrogens with one attached hydrogen (secondary N) is 1. The first kappa shape index (κ1) is 20.9. The van der Waals surface area contributed by atoms with Gasteiger partial charge in [-0.25, -0.2) is 0 Å². The molecular weight excluding hydrogens is 350 g/mol. The molecule has 2 heterocycles. The van der Waals surface area contributed by atoms with Crippen LogP contribution in [0.1, 0.15) is 31.2 Å². The van der Waals surface area contributed by atoms with Gasteiger partial charge in [0.1, 0.15) is 5.75 Å². The average Bonchev–Trinajstić information content (AvgIpc) is 3.12. The number of rotatable bonds is 6. The highest BCUT2D eigenvalue weighted by Gasteiger charge is 2.26. The Balaban J connectivity index is 1.53. The molecule has 0 bridgehead atoms. The SMILES string of the molecule is CCNC(=NCCN1CCCN(C)CC1)N1CCC(c2ccc(OC)cc2)C1. The van der Waals surface area contributed by atoms with E-state index in [1.165, 1.54) is 38.0 Å². The van der Waals surface area contributed by atoms with E-state index in [4.69, 9.17) is 9.73 Å². The summed E-state index contributed by atoms with van der Waals surface area (Å²) in [5.74, 6) is 2.56. The summed E-state index contributed by atoms with van der Waals surface area (Å²) in [6, 6.07) is 8.53. The smallest absolute Gasteiger partial charge is 0.193 e. The summed E-state index contributed by atoms with van der Waals surface area (Å²) < 4.78 is 5.28. The van der Waals surface area contributed by atoms with Crippen molar-refractivity contribution in [3.05, 3.63) is 29.8 Å². The Bertz CT molecular complexity index is 618. The molecule has 0 aliphatic carbocycles. The first-order chi connectivity index (χ1) is 13.7. The monoisotopic (exact) mass is 387 g/mol. The maximum atomic E-state index is 5.28. The molecule has 1 N–H and O–H groups in total. The Morgan fingerprint density at radius 3 is 2.71 bits per heavy atom. The highest BCUT2D eigenvalue weighted by molar-refractivity contribution is 5.80. The molecule has 2 aliphatic heterocycles. The van der Waals surface area contributed by atoms with E-state index in [2.05, 4.69) is 58.3 Å². The third-order valence-corrected chi connectivity index (χ3v) is 5.90. The van der Waals surface area contributed by atoms with Crippen molar-refractivity contribution in [2.24, 2.45) is 4.99 Å². The van der Waals surface area contributed by atoms with Crippen molar-refractivity contribution in [1.82, 2.24) is 20.0 Å². The standard InChI is InChI=1S/C22H37N5O/c1-4-23-22(24-11-15-26-13-5-12-25(2)16-17-26)27-14-10-20(18-27)19-6-8-21(28-3)9-7-19/h6-9,20H,4-5,10-18H2,1-3H3,(H,23,24). The zero-order valence-electron chi connectivity index (χ0n) is 17.9. The maximum Gasteiger partial charge on any atom is 0.193 e. The molecule has 28 heavy (non-hydrogen) atoms. The van der Waals surface area contributed by atoms with Crippen molar-refractivity contribution in [3.8, 4) is 5.75 Å². The van der Waals surface area contributed by atoms with Gasteiger partial charge in [0.2, 0.25) is 0 Å². The fourth-order valence-corrected chi connectivity index (χ4v) is 4.15. The second-order valence-electron chi connectivity index (χ2n) is 7.94. The van der Waals surface area contributed by atoms with Crippen LogP contribution in [0.25, 0.3) is 0 Å². The van der Waals surface area contributed by atoms with Crippen molar-refractivity contribution < 1.29 is 4.74 Å². The minimum absolute atomic E-state index is 0.566. The van der Waals surface area contributed by atoms with Gasteiger partial charge < -0.3 is 24.8 Å². The number of nitrogens with zero attached hydrogens (tertiary/aromatic N) is 4. The summed E-state index contributed by atoms with van der Waals surface area (Å²) in [4.78, 5) is 12.4. The predicted molar refractivity (Wildman–Crippen MR) is 116 cm³/mol. The largest absolute Gasteiger partial charge is 0.497 e. The fraction of sp³-hybridized carbons (Fsp3) is 0.682. The summed E-state index contributed by atoms with van der Waals surface area (Å²) in [6.45, 7) is 11.8. The number of aliphatic imine (C=N–C) groups is 1. The third kappa shape index (κ3) is 5.85. The van der Waals surface area contributed by atoms with Crippen LogP contribution < -0.4 is 10.1 Å². The van der Waals surface area contributed by atoms with Gasteiger partial charge in [-0.15, -0.1) is 0 Å². The highest BCUT2D eigenvalue weighted by atomic mass is 16.5. The molecule has 0 amide bonds. The zero-order chi connectivity index (χ0) is 19.8. The van der Waals surface area contributed by atoms with Gasteiger partial charge in [-0.05, 0) is 57.6 Å².